The molecule has 6 atom stereocenters. The van der Waals surface area contributed by atoms with Crippen LogP contribution in [0.4, 0.5) is 39.9 Å². The average Bonchev–Trinajstić information content (AvgIpc) is 4.04. The van der Waals surface area contributed by atoms with Gasteiger partial charge in [0, 0.05) is 24.7 Å². The van der Waals surface area contributed by atoms with Crippen LogP contribution in [-0.2, 0) is 18.9 Å². The van der Waals surface area contributed by atoms with Crippen LogP contribution in [0.3, 0.4) is 0 Å². The van der Waals surface area contributed by atoms with Gasteiger partial charge in [-0.2, -0.15) is 19.9 Å². The summed E-state index contributed by atoms with van der Waals surface area (Å²) in [6.07, 6.45) is 0.816. The average molecular weight is 1090 g/mol. The quantitative estimate of drug-likeness (QED) is 0.107. The van der Waals surface area contributed by atoms with Gasteiger partial charge in [0.1, 0.15) is 33.4 Å². The number of rotatable bonds is 5. The molecule has 0 aliphatic heterocycles. The normalized spacial score (nSPS) is 22.8. The lowest BCUT2D eigenvalue weighted by Crippen LogP contribution is -2.44. The van der Waals surface area contributed by atoms with Gasteiger partial charge in [-0.25, -0.2) is 51.1 Å². The van der Waals surface area contributed by atoms with E-state index < -0.39 is 70.0 Å². The number of imidazole rings is 2. The second kappa shape index (κ2) is 23.1. The van der Waals surface area contributed by atoms with Crippen molar-refractivity contribution in [3.8, 4) is 0 Å². The van der Waals surface area contributed by atoms with E-state index in [-0.39, 0.29) is 56.4 Å². The maximum atomic E-state index is 14.3. The number of fused-ring (bicyclic) bond motifs is 2. The Bertz CT molecular complexity index is 2870. The van der Waals surface area contributed by atoms with E-state index in [1.54, 1.807) is 87.7 Å². The molecule has 25 heteroatoms. The van der Waals surface area contributed by atoms with Crippen LogP contribution in [0.2, 0.25) is 10.3 Å². The monoisotopic (exact) mass is 1090 g/mol. The predicted molar refractivity (Wildman–Crippen MR) is 277 cm³/mol. The van der Waals surface area contributed by atoms with E-state index in [1.165, 1.54) is 12.7 Å². The Morgan fingerprint density at radius 1 is 0.720 bits per heavy atom. The fraction of sp³-hybridized carbons (Fsp3) is 0.600. The van der Waals surface area contributed by atoms with Crippen LogP contribution in [0.15, 0.2) is 36.5 Å². The predicted octanol–water partition coefficient (Wildman–Crippen LogP) is 12.7. The van der Waals surface area contributed by atoms with E-state index >= 15 is 0 Å². The number of nitrogens with zero attached hydrogens (tertiary/aromatic N) is 11. The van der Waals surface area contributed by atoms with Crippen molar-refractivity contribution in [2.24, 2.45) is 11.8 Å². The topological polar surface area (TPSA) is 239 Å². The van der Waals surface area contributed by atoms with E-state index in [4.69, 9.17) is 55.3 Å². The Labute approximate surface area is 445 Å². The fourth-order valence-electron chi connectivity index (χ4n) is 8.46. The molecular formula is C50H66Cl2F2N12O9. The lowest BCUT2D eigenvalue weighted by atomic mass is 9.84. The van der Waals surface area contributed by atoms with Gasteiger partial charge in [0.05, 0.1) is 48.6 Å². The number of carbonyl (C=O) groups is 4. The van der Waals surface area contributed by atoms with Crippen LogP contribution < -0.4 is 9.80 Å². The van der Waals surface area contributed by atoms with Crippen LogP contribution >= 0.6 is 23.2 Å². The second-order valence-electron chi connectivity index (χ2n) is 21.9. The second-order valence-corrected chi connectivity index (χ2v) is 22.6. The third kappa shape index (κ3) is 13.8. The zero-order valence-electron chi connectivity index (χ0n) is 45.1. The van der Waals surface area contributed by atoms with Gasteiger partial charge in [-0.05, 0) is 95.9 Å². The number of aromatic amines is 1. The largest absolute Gasteiger partial charge is 0.443 e. The zero-order valence-corrected chi connectivity index (χ0v) is 46.6. The molecular weight excluding hydrogens is 1020 g/mol. The first-order chi connectivity index (χ1) is 34.6. The van der Waals surface area contributed by atoms with E-state index in [2.05, 4.69) is 44.6 Å². The maximum Gasteiger partial charge on any atom is 0.427 e. The summed E-state index contributed by atoms with van der Waals surface area (Å²) in [6, 6.07) is -0.575. The van der Waals surface area contributed by atoms with Gasteiger partial charge in [0.2, 0.25) is 11.9 Å². The van der Waals surface area contributed by atoms with Crippen LogP contribution in [-0.4, -0.2) is 109 Å². The first-order valence-electron chi connectivity index (χ1n) is 23.9. The van der Waals surface area contributed by atoms with Gasteiger partial charge < -0.3 is 43.3 Å². The molecule has 21 nitrogen and oxygen atoms in total. The number of H-pyrrole nitrogens is 1. The van der Waals surface area contributed by atoms with Crippen LogP contribution in [0.25, 0.3) is 32.0 Å². The van der Waals surface area contributed by atoms with E-state index in [9.17, 15) is 33.1 Å². The Balaban J connectivity index is 0.000000274. The van der Waals surface area contributed by atoms with Gasteiger partial charge in [0.15, 0.2) is 21.6 Å². The van der Waals surface area contributed by atoms with E-state index in [1.807, 2.05) is 27.7 Å². The number of hydrogen-bond donors (Lipinski definition) is 2. The summed E-state index contributed by atoms with van der Waals surface area (Å²) in [4.78, 5) is 87.3. The van der Waals surface area contributed by atoms with Gasteiger partial charge in [-0.15, -0.1) is 9.80 Å². The van der Waals surface area contributed by atoms with Crippen molar-refractivity contribution in [1.29, 1.82) is 0 Å². The fourth-order valence-corrected chi connectivity index (χ4v) is 8.89. The molecule has 0 spiro atoms. The molecule has 4 heterocycles. The maximum absolute atomic E-state index is 14.3. The molecule has 0 saturated heterocycles. The third-order valence-electron chi connectivity index (χ3n) is 11.9. The van der Waals surface area contributed by atoms with Crippen molar-refractivity contribution in [1.82, 2.24) is 39.5 Å². The Kier molecular flexibility index (Phi) is 18.8. The van der Waals surface area contributed by atoms with Gasteiger partial charge >= 0.3 is 24.4 Å². The smallest absolute Gasteiger partial charge is 0.427 e. The van der Waals surface area contributed by atoms with Gasteiger partial charge in [0.25, 0.3) is 11.1 Å². The summed E-state index contributed by atoms with van der Waals surface area (Å²) >= 11 is 12.5. The summed E-state index contributed by atoms with van der Waals surface area (Å²) in [6.45, 7) is 42.3. The first kappa shape index (κ1) is 61.0. The Hall–Kier alpha value is -6.56. The lowest BCUT2D eigenvalue weighted by Gasteiger charge is -2.27. The number of halogens is 4. The molecule has 2 saturated carbocycles. The molecule has 2 aliphatic rings. The zero-order chi connectivity index (χ0) is 57.0. The number of carbonyl (C=O) groups excluding carboxylic acids is 4. The molecule has 0 aromatic carbocycles. The first-order valence-corrected chi connectivity index (χ1v) is 24.7. The summed E-state index contributed by atoms with van der Waals surface area (Å²) in [5.41, 5.74) is -3.82. The molecule has 4 amide bonds. The number of ether oxygens (including phenoxy) is 4. The van der Waals surface area contributed by atoms with Crippen molar-refractivity contribution in [3.05, 3.63) is 69.6 Å². The lowest BCUT2D eigenvalue weighted by molar-refractivity contribution is 0.0405. The molecule has 4 aromatic heterocycles. The summed E-state index contributed by atoms with van der Waals surface area (Å²) in [5.74, 6) is -0.775. The molecule has 2 aliphatic carbocycles. The molecule has 2 fully saturated rings. The van der Waals surface area contributed by atoms with Crippen molar-refractivity contribution in [2.75, 3.05) is 9.80 Å². The SMILES string of the molecule is CC(C)(C)OC(=O)N(C(=O)OC(C)(C)C)c1nc(Cl)c2[nH]cnc2n1.[C-]#[N+][C@]1(CC)/C(=C/F)[C@@H](n2cnc3c(Cl)nc(N(C(=O)OC(C)(C)C)C(=O)OC(C)(C)C)nc32)C[C@@H]1C.[C-]#[N+][C@]1(CC)/C(=C/F)[C@H](O)C[C@@H]1C. The molecule has 4 aromatic rings. The molecule has 408 valence electrons. The number of anilines is 2. The number of aliphatic hydroxyl groups excluding tert-OH is 1. The Morgan fingerprint density at radius 3 is 1.53 bits per heavy atom. The summed E-state index contributed by atoms with van der Waals surface area (Å²) < 4.78 is 49.7. The number of amides is 4. The molecule has 75 heavy (non-hydrogen) atoms. The highest BCUT2D eigenvalue weighted by Crippen LogP contribution is 2.52. The van der Waals surface area contributed by atoms with Crippen molar-refractivity contribution < 1.29 is 52.0 Å². The molecule has 6 rings (SSSR count). The van der Waals surface area contributed by atoms with Crippen molar-refractivity contribution in [3.63, 3.8) is 0 Å². The van der Waals surface area contributed by atoms with Crippen LogP contribution in [0, 0.1) is 25.0 Å². The third-order valence-corrected chi connectivity index (χ3v) is 12.4. The van der Waals surface area contributed by atoms with Crippen molar-refractivity contribution in [2.45, 2.75) is 182 Å². The highest BCUT2D eigenvalue weighted by atomic mass is 35.5. The molecule has 0 bridgehead atoms. The van der Waals surface area contributed by atoms with E-state index in [0.717, 1.165) is 0 Å². The van der Waals surface area contributed by atoms with Gasteiger partial charge in [-0.3, -0.25) is 0 Å². The number of aliphatic hydroxyl groups is 1. The number of aromatic nitrogens is 8. The van der Waals surface area contributed by atoms with Crippen LogP contribution in [0.1, 0.15) is 143 Å². The minimum Gasteiger partial charge on any atom is -0.443 e. The van der Waals surface area contributed by atoms with Crippen LogP contribution in [0.5, 0.6) is 0 Å². The highest BCUT2D eigenvalue weighted by Gasteiger charge is 2.56. The number of nitrogens with one attached hydrogen (secondary N) is 1. The number of hydrogen-bond acceptors (Lipinski definition) is 15. The number of imide groups is 2. The minimum absolute atomic E-state index is 0.00890. The highest BCUT2D eigenvalue weighted by molar-refractivity contribution is 6.34. The standard InChI is InChI=1S/C25H32ClFN6O4.C15H20ClN5O4.C10H14FNO/c1-10-25(28-9)14(2)11-16(15(25)12-27)32-13-29-17-18(26)30-20(31-19(17)32)33(21(34)36-23(3,4)5)22(35)37-24(6,7)8;1-14(2,3)24-12(22)21(13(23)25-15(4,5)6)11-19-9(16)8-10(20-11)18-7-17-8;1-4-10(12-3)7(2)5-9(13)8(10)6-11/h12-14,16H,10-11H2,1-8H3;7H,1-6H3,(H,17,18,19,20);6-7,9,13H,4-5H2,1-2H3/b15-12+;;8-6+/t14-,16-,25-;;7-,9+,10-/m0.0/s1. The van der Waals surface area contributed by atoms with Gasteiger partial charge in [-0.1, -0.05) is 50.9 Å². The van der Waals surface area contributed by atoms with E-state index in [0.29, 0.717) is 59.2 Å². The van der Waals surface area contributed by atoms with Crippen molar-refractivity contribution >= 4 is 81.8 Å². The Morgan fingerprint density at radius 2 is 1.13 bits per heavy atom. The summed E-state index contributed by atoms with van der Waals surface area (Å²) in [5, 5.41) is 9.39. The molecule has 0 unspecified atom stereocenters. The summed E-state index contributed by atoms with van der Waals surface area (Å²) in [7, 11) is 0. The molecule has 0 radical (unpaired) electrons. The minimum atomic E-state index is -1.06. The molecule has 2 N–H and O–H groups in total.